The van der Waals surface area contributed by atoms with Gasteiger partial charge >= 0.3 is 6.09 Å². The second-order valence-corrected chi connectivity index (χ2v) is 12.0. The first kappa shape index (κ1) is 27.1. The molecule has 2 aromatic heterocycles. The molecular formula is C31H34ClN7O3. The number of amides is 1. The Hall–Kier alpha value is -3.73. The lowest BCUT2D eigenvalue weighted by Crippen LogP contribution is -2.41. The lowest BCUT2D eigenvalue weighted by molar-refractivity contribution is 0.0927. The Bertz CT molecular complexity index is 1590. The summed E-state index contributed by atoms with van der Waals surface area (Å²) in [6, 6.07) is 18.1. The normalized spacial score (nSPS) is 24.5. The van der Waals surface area contributed by atoms with Gasteiger partial charge in [0.25, 0.3) is 0 Å². The Morgan fingerprint density at radius 1 is 1.02 bits per heavy atom. The third kappa shape index (κ3) is 5.30. The van der Waals surface area contributed by atoms with Gasteiger partial charge in [0.15, 0.2) is 17.6 Å². The zero-order valence-corrected chi connectivity index (χ0v) is 24.3. The first-order valence-electron chi connectivity index (χ1n) is 14.7. The van der Waals surface area contributed by atoms with Crippen molar-refractivity contribution in [3.8, 4) is 11.3 Å². The zero-order valence-electron chi connectivity index (χ0n) is 23.5. The smallest absolute Gasteiger partial charge is 0.377 e. The number of halogens is 1. The number of imidazole rings is 1. The Labute approximate surface area is 249 Å². The lowest BCUT2D eigenvalue weighted by atomic mass is 9.83. The van der Waals surface area contributed by atoms with E-state index in [-0.39, 0.29) is 6.04 Å². The molecule has 1 aliphatic carbocycles. The SMILES string of the molecule is CC1CCC(Cn2c(N3CCOC[C@H]3c3ccccc3)nc3nc(C4NOC(=O)N4)nc(-c4cccc(Cl)c4)c32)CC1. The van der Waals surface area contributed by atoms with Crippen LogP contribution in [0.2, 0.25) is 5.02 Å². The van der Waals surface area contributed by atoms with Crippen LogP contribution in [-0.4, -0.2) is 45.4 Å². The van der Waals surface area contributed by atoms with Gasteiger partial charge in [-0.2, -0.15) is 4.98 Å². The van der Waals surface area contributed by atoms with Crippen LogP contribution in [0.4, 0.5) is 10.7 Å². The first-order chi connectivity index (χ1) is 20.5. The van der Waals surface area contributed by atoms with Crippen molar-refractivity contribution in [3.05, 3.63) is 71.0 Å². The summed E-state index contributed by atoms with van der Waals surface area (Å²) in [5.74, 6) is 2.50. The maximum absolute atomic E-state index is 11.9. The summed E-state index contributed by atoms with van der Waals surface area (Å²) in [5.41, 5.74) is 6.86. The third-order valence-electron chi connectivity index (χ3n) is 8.63. The van der Waals surface area contributed by atoms with E-state index in [1.54, 1.807) is 0 Å². The Balaban J connectivity index is 1.42. The number of carbonyl (C=O) groups is 1. The fourth-order valence-corrected chi connectivity index (χ4v) is 6.56. The number of hydrogen-bond acceptors (Lipinski definition) is 8. The minimum atomic E-state index is -0.700. The van der Waals surface area contributed by atoms with E-state index in [1.165, 1.54) is 31.2 Å². The van der Waals surface area contributed by atoms with E-state index in [4.69, 9.17) is 36.1 Å². The van der Waals surface area contributed by atoms with E-state index < -0.39 is 12.3 Å². The van der Waals surface area contributed by atoms with Crippen molar-refractivity contribution in [2.75, 3.05) is 24.7 Å². The highest BCUT2D eigenvalue weighted by Crippen LogP contribution is 2.38. The van der Waals surface area contributed by atoms with Crippen LogP contribution in [0, 0.1) is 11.8 Å². The van der Waals surface area contributed by atoms with E-state index in [0.29, 0.717) is 47.9 Å². The average molecular weight is 588 g/mol. The second kappa shape index (κ2) is 11.5. The molecule has 7 rings (SSSR count). The van der Waals surface area contributed by atoms with Gasteiger partial charge in [-0.25, -0.2) is 14.8 Å². The molecule has 1 amide bonds. The predicted octanol–water partition coefficient (Wildman–Crippen LogP) is 5.79. The molecule has 0 spiro atoms. The fourth-order valence-electron chi connectivity index (χ4n) is 6.37. The summed E-state index contributed by atoms with van der Waals surface area (Å²) < 4.78 is 8.31. The van der Waals surface area contributed by atoms with E-state index >= 15 is 0 Å². The molecule has 11 heteroatoms. The van der Waals surface area contributed by atoms with Gasteiger partial charge in [-0.1, -0.05) is 73.8 Å². The molecular weight excluding hydrogens is 554 g/mol. The van der Waals surface area contributed by atoms with E-state index in [1.807, 2.05) is 30.3 Å². The van der Waals surface area contributed by atoms with Crippen molar-refractivity contribution in [2.45, 2.75) is 51.4 Å². The fraction of sp³-hybridized carbons (Fsp3) is 0.419. The molecule has 2 aliphatic heterocycles. The molecule has 0 radical (unpaired) electrons. The van der Waals surface area contributed by atoms with Crippen LogP contribution < -0.4 is 15.7 Å². The summed E-state index contributed by atoms with van der Waals surface area (Å²) in [7, 11) is 0. The maximum atomic E-state index is 11.9. The van der Waals surface area contributed by atoms with Crippen molar-refractivity contribution >= 4 is 34.8 Å². The van der Waals surface area contributed by atoms with Crippen molar-refractivity contribution < 1.29 is 14.4 Å². The molecule has 218 valence electrons. The highest BCUT2D eigenvalue weighted by atomic mass is 35.5. The number of morpholine rings is 1. The van der Waals surface area contributed by atoms with Gasteiger partial charge in [0, 0.05) is 23.7 Å². The average Bonchev–Trinajstić information content (AvgIpc) is 3.62. The highest BCUT2D eigenvalue weighted by molar-refractivity contribution is 6.30. The second-order valence-electron chi connectivity index (χ2n) is 11.5. The summed E-state index contributed by atoms with van der Waals surface area (Å²) in [6.45, 7) is 5.04. The molecule has 4 heterocycles. The lowest BCUT2D eigenvalue weighted by Gasteiger charge is -2.37. The number of rotatable bonds is 6. The molecule has 2 aromatic carbocycles. The molecule has 2 atom stereocenters. The largest absolute Gasteiger partial charge is 0.427 e. The van der Waals surface area contributed by atoms with Crippen molar-refractivity contribution in [1.82, 2.24) is 30.3 Å². The number of carbonyl (C=O) groups excluding carboxylic acids is 1. The standard InChI is InChI=1S/C31H34ClN7O3/c1-19-10-12-20(13-11-19)17-39-26-25(22-8-5-9-23(32)16-22)33-28(29-36-31(40)42-37-29)34-27(26)35-30(39)38-14-15-41-18-24(38)21-6-3-2-4-7-21/h2-9,16,19-20,24,29,37H,10-15,17-18H2,1H3,(H,36,40)/t19?,20?,24-,29?/m0/s1. The van der Waals surface area contributed by atoms with Gasteiger partial charge in [0.1, 0.15) is 11.2 Å². The quantitative estimate of drug-likeness (QED) is 0.292. The summed E-state index contributed by atoms with van der Waals surface area (Å²) >= 11 is 6.48. The Morgan fingerprint density at radius 2 is 1.86 bits per heavy atom. The van der Waals surface area contributed by atoms with E-state index in [0.717, 1.165) is 29.5 Å². The van der Waals surface area contributed by atoms with E-state index in [2.05, 4.69) is 51.5 Å². The molecule has 1 unspecified atom stereocenters. The zero-order chi connectivity index (χ0) is 28.6. The molecule has 10 nitrogen and oxygen atoms in total. The number of hydrogen-bond donors (Lipinski definition) is 2. The molecule has 42 heavy (non-hydrogen) atoms. The van der Waals surface area contributed by atoms with Crippen LogP contribution in [0.5, 0.6) is 0 Å². The Morgan fingerprint density at radius 3 is 2.62 bits per heavy atom. The predicted molar refractivity (Wildman–Crippen MR) is 160 cm³/mol. The van der Waals surface area contributed by atoms with Crippen LogP contribution in [0.15, 0.2) is 54.6 Å². The number of benzene rings is 2. The van der Waals surface area contributed by atoms with Crippen LogP contribution in [0.1, 0.15) is 56.2 Å². The summed E-state index contributed by atoms with van der Waals surface area (Å²) in [5, 5.41) is 3.34. The van der Waals surface area contributed by atoms with Crippen molar-refractivity contribution in [1.29, 1.82) is 0 Å². The summed E-state index contributed by atoms with van der Waals surface area (Å²) in [4.78, 5) is 34.3. The Kier molecular flexibility index (Phi) is 7.43. The van der Waals surface area contributed by atoms with Crippen LogP contribution in [0.25, 0.3) is 22.4 Å². The van der Waals surface area contributed by atoms with Crippen molar-refractivity contribution in [3.63, 3.8) is 0 Å². The van der Waals surface area contributed by atoms with Crippen molar-refractivity contribution in [2.24, 2.45) is 11.8 Å². The van der Waals surface area contributed by atoms with E-state index in [9.17, 15) is 4.79 Å². The molecule has 3 aliphatic rings. The van der Waals surface area contributed by atoms with Crippen LogP contribution >= 0.6 is 11.6 Å². The molecule has 3 fully saturated rings. The summed E-state index contributed by atoms with van der Waals surface area (Å²) in [6.07, 6.45) is 3.52. The molecule has 1 saturated carbocycles. The number of fused-ring (bicyclic) bond motifs is 1. The van der Waals surface area contributed by atoms with Gasteiger partial charge in [0.2, 0.25) is 5.95 Å². The van der Waals surface area contributed by atoms with Crippen LogP contribution in [0.3, 0.4) is 0 Å². The minimum Gasteiger partial charge on any atom is -0.377 e. The number of hydroxylamine groups is 1. The van der Waals surface area contributed by atoms with Gasteiger partial charge in [-0.05, 0) is 42.4 Å². The van der Waals surface area contributed by atoms with Gasteiger partial charge < -0.3 is 19.0 Å². The molecule has 2 N–H and O–H groups in total. The number of nitrogens with one attached hydrogen (secondary N) is 2. The first-order valence-corrected chi connectivity index (χ1v) is 15.1. The topological polar surface area (TPSA) is 106 Å². The minimum absolute atomic E-state index is 0.00752. The number of aromatic nitrogens is 4. The monoisotopic (exact) mass is 587 g/mol. The van der Waals surface area contributed by atoms with Gasteiger partial charge in [0.05, 0.1) is 19.3 Å². The molecule has 4 aromatic rings. The maximum Gasteiger partial charge on any atom is 0.427 e. The van der Waals surface area contributed by atoms with Crippen LogP contribution in [-0.2, 0) is 16.1 Å². The highest BCUT2D eigenvalue weighted by Gasteiger charge is 2.34. The number of ether oxygens (including phenoxy) is 1. The number of nitrogens with zero attached hydrogens (tertiary/aromatic N) is 5. The third-order valence-corrected chi connectivity index (χ3v) is 8.87. The molecule has 0 bridgehead atoms. The van der Waals surface area contributed by atoms with Gasteiger partial charge in [-0.3, -0.25) is 5.32 Å². The van der Waals surface area contributed by atoms with Gasteiger partial charge in [-0.15, -0.1) is 5.48 Å². The number of anilines is 1. The molecule has 2 saturated heterocycles.